The van der Waals surface area contributed by atoms with Crippen LogP contribution in [0.1, 0.15) is 16.7 Å². The van der Waals surface area contributed by atoms with Gasteiger partial charge in [-0.2, -0.15) is 0 Å². The minimum absolute atomic E-state index is 0.341. The van der Waals surface area contributed by atoms with Crippen molar-refractivity contribution in [1.29, 1.82) is 0 Å². The first-order valence-electron chi connectivity index (χ1n) is 9.47. The molecule has 140 valence electrons. The van der Waals surface area contributed by atoms with Gasteiger partial charge in [0.15, 0.2) is 0 Å². The molecule has 1 aliphatic heterocycles. The molecule has 1 saturated heterocycles. The van der Waals surface area contributed by atoms with Crippen molar-refractivity contribution in [2.75, 3.05) is 39.3 Å². The first-order chi connectivity index (χ1) is 12.6. The molecule has 4 heteroatoms. The molecule has 1 aliphatic rings. The van der Waals surface area contributed by atoms with E-state index in [-0.39, 0.29) is 0 Å². The van der Waals surface area contributed by atoms with Crippen LogP contribution >= 0.6 is 0 Å². The van der Waals surface area contributed by atoms with Gasteiger partial charge in [-0.1, -0.05) is 48.0 Å². The van der Waals surface area contributed by atoms with Gasteiger partial charge in [0, 0.05) is 39.3 Å². The molecule has 1 atom stereocenters. The number of β-amino-alcohol motifs (C(OH)–C–C–N with tert-alkyl or cyclic N) is 1. The average Bonchev–Trinajstić information content (AvgIpc) is 2.63. The average molecular weight is 354 g/mol. The molecule has 0 bridgehead atoms. The number of ether oxygens (including phenoxy) is 1. The van der Waals surface area contributed by atoms with Gasteiger partial charge in [0.25, 0.3) is 0 Å². The van der Waals surface area contributed by atoms with Crippen molar-refractivity contribution in [3.05, 3.63) is 65.2 Å². The third kappa shape index (κ3) is 5.56. The van der Waals surface area contributed by atoms with Crippen LogP contribution in [0.5, 0.6) is 5.75 Å². The lowest BCUT2D eigenvalue weighted by Crippen LogP contribution is -2.48. The molecule has 4 nitrogen and oxygen atoms in total. The first kappa shape index (κ1) is 18.9. The monoisotopic (exact) mass is 354 g/mol. The van der Waals surface area contributed by atoms with Crippen LogP contribution < -0.4 is 4.74 Å². The number of rotatable bonds is 7. The highest BCUT2D eigenvalue weighted by molar-refractivity contribution is 5.35. The van der Waals surface area contributed by atoms with Crippen LogP contribution in [-0.4, -0.2) is 60.3 Å². The van der Waals surface area contributed by atoms with E-state index in [2.05, 4.69) is 53.1 Å². The molecule has 0 unspecified atom stereocenters. The molecule has 0 aromatic heterocycles. The summed E-state index contributed by atoms with van der Waals surface area (Å²) >= 11 is 0. The van der Waals surface area contributed by atoms with Gasteiger partial charge in [0.1, 0.15) is 18.5 Å². The number of aliphatic hydroxyl groups is 1. The number of nitrogens with zero attached hydrogens (tertiary/aromatic N) is 2. The Morgan fingerprint density at radius 2 is 1.65 bits per heavy atom. The van der Waals surface area contributed by atoms with E-state index in [1.54, 1.807) is 0 Å². The van der Waals surface area contributed by atoms with Crippen molar-refractivity contribution < 1.29 is 9.84 Å². The fourth-order valence-electron chi connectivity index (χ4n) is 3.47. The SMILES string of the molecule is Cc1ccc(OC[C@@H](O)CN2CCN(Cc3ccccc3)CC2)c(C)c1. The smallest absolute Gasteiger partial charge is 0.122 e. The second kappa shape index (κ2) is 9.17. The van der Waals surface area contributed by atoms with Gasteiger partial charge in [-0.25, -0.2) is 0 Å². The largest absolute Gasteiger partial charge is 0.491 e. The fraction of sp³-hybridized carbons (Fsp3) is 0.455. The first-order valence-corrected chi connectivity index (χ1v) is 9.47. The van der Waals surface area contributed by atoms with Crippen molar-refractivity contribution in [2.24, 2.45) is 0 Å². The molecule has 1 heterocycles. The van der Waals surface area contributed by atoms with Gasteiger partial charge in [-0.15, -0.1) is 0 Å². The van der Waals surface area contributed by atoms with Crippen LogP contribution in [0.3, 0.4) is 0 Å². The predicted octanol–water partition coefficient (Wildman–Crippen LogP) is 2.86. The van der Waals surface area contributed by atoms with Crippen molar-refractivity contribution in [2.45, 2.75) is 26.5 Å². The maximum absolute atomic E-state index is 10.3. The summed E-state index contributed by atoms with van der Waals surface area (Å²) in [4.78, 5) is 4.81. The number of piperazine rings is 1. The van der Waals surface area contributed by atoms with Crippen LogP contribution in [-0.2, 0) is 6.54 Å². The summed E-state index contributed by atoms with van der Waals surface area (Å²) in [5, 5.41) is 10.3. The second-order valence-electron chi connectivity index (χ2n) is 7.30. The van der Waals surface area contributed by atoms with E-state index in [4.69, 9.17) is 4.74 Å². The normalized spacial score (nSPS) is 17.2. The zero-order chi connectivity index (χ0) is 18.4. The summed E-state index contributed by atoms with van der Waals surface area (Å²) in [7, 11) is 0. The molecule has 3 rings (SSSR count). The van der Waals surface area contributed by atoms with Gasteiger partial charge in [0.05, 0.1) is 0 Å². The number of hydrogen-bond donors (Lipinski definition) is 1. The molecule has 26 heavy (non-hydrogen) atoms. The lowest BCUT2D eigenvalue weighted by Gasteiger charge is -2.35. The Balaban J connectivity index is 1.38. The van der Waals surface area contributed by atoms with Gasteiger partial charge < -0.3 is 9.84 Å². The van der Waals surface area contributed by atoms with Crippen LogP contribution in [0.15, 0.2) is 48.5 Å². The van der Waals surface area contributed by atoms with E-state index in [9.17, 15) is 5.11 Å². The predicted molar refractivity (Wildman–Crippen MR) is 106 cm³/mol. The number of benzene rings is 2. The number of hydrogen-bond acceptors (Lipinski definition) is 4. The standard InChI is InChI=1S/C22H30N2O2/c1-18-8-9-22(19(2)14-18)26-17-21(25)16-24-12-10-23(11-13-24)15-20-6-4-3-5-7-20/h3-9,14,21,25H,10-13,15-17H2,1-2H3/t21-/m0/s1. The Bertz CT molecular complexity index is 682. The summed E-state index contributed by atoms with van der Waals surface area (Å²) in [5.41, 5.74) is 3.71. The lowest BCUT2D eigenvalue weighted by molar-refractivity contribution is 0.0445. The Morgan fingerprint density at radius 1 is 0.962 bits per heavy atom. The third-order valence-corrected chi connectivity index (χ3v) is 4.94. The molecule has 2 aromatic rings. The van der Waals surface area contributed by atoms with Gasteiger partial charge in [-0.3, -0.25) is 9.80 Å². The van der Waals surface area contributed by atoms with Crippen LogP contribution in [0, 0.1) is 13.8 Å². The van der Waals surface area contributed by atoms with E-state index >= 15 is 0 Å². The molecule has 0 aliphatic carbocycles. The van der Waals surface area contributed by atoms with Crippen molar-refractivity contribution in [1.82, 2.24) is 9.80 Å². The Hall–Kier alpha value is -1.88. The molecule has 1 fully saturated rings. The quantitative estimate of drug-likeness (QED) is 0.829. The Kier molecular flexibility index (Phi) is 6.67. The van der Waals surface area contributed by atoms with Gasteiger partial charge >= 0.3 is 0 Å². The summed E-state index contributed by atoms with van der Waals surface area (Å²) in [6.07, 6.45) is -0.462. The zero-order valence-electron chi connectivity index (χ0n) is 15.9. The number of aliphatic hydroxyl groups excluding tert-OH is 1. The summed E-state index contributed by atoms with van der Waals surface area (Å²) in [5.74, 6) is 0.863. The van der Waals surface area contributed by atoms with E-state index in [1.165, 1.54) is 11.1 Å². The Labute approximate surface area is 157 Å². The highest BCUT2D eigenvalue weighted by Crippen LogP contribution is 2.19. The lowest BCUT2D eigenvalue weighted by atomic mass is 10.1. The topological polar surface area (TPSA) is 35.9 Å². The van der Waals surface area contributed by atoms with Gasteiger partial charge in [0.2, 0.25) is 0 Å². The molecule has 0 amide bonds. The molecular weight excluding hydrogens is 324 g/mol. The molecule has 2 aromatic carbocycles. The highest BCUT2D eigenvalue weighted by Gasteiger charge is 2.19. The second-order valence-corrected chi connectivity index (χ2v) is 7.30. The Morgan fingerprint density at radius 3 is 2.35 bits per heavy atom. The van der Waals surface area contributed by atoms with Crippen LogP contribution in [0.25, 0.3) is 0 Å². The molecule has 0 spiro atoms. The maximum atomic E-state index is 10.3. The van der Waals surface area contributed by atoms with Crippen molar-refractivity contribution in [3.63, 3.8) is 0 Å². The minimum atomic E-state index is -0.462. The fourth-order valence-corrected chi connectivity index (χ4v) is 3.47. The highest BCUT2D eigenvalue weighted by atomic mass is 16.5. The van der Waals surface area contributed by atoms with Crippen molar-refractivity contribution in [3.8, 4) is 5.75 Å². The van der Waals surface area contributed by atoms with E-state index in [0.717, 1.165) is 44.0 Å². The summed E-state index contributed by atoms with van der Waals surface area (Å²) in [6.45, 7) is 10.2. The van der Waals surface area contributed by atoms with E-state index < -0.39 is 6.10 Å². The minimum Gasteiger partial charge on any atom is -0.491 e. The van der Waals surface area contributed by atoms with E-state index in [1.807, 2.05) is 19.1 Å². The van der Waals surface area contributed by atoms with Crippen LogP contribution in [0.2, 0.25) is 0 Å². The van der Waals surface area contributed by atoms with E-state index in [0.29, 0.717) is 13.2 Å². The molecule has 0 saturated carbocycles. The van der Waals surface area contributed by atoms with Crippen molar-refractivity contribution >= 4 is 0 Å². The molecule has 1 N–H and O–H groups in total. The molecular formula is C22H30N2O2. The third-order valence-electron chi connectivity index (χ3n) is 4.94. The zero-order valence-corrected chi connectivity index (χ0v) is 15.9. The van der Waals surface area contributed by atoms with Crippen LogP contribution in [0.4, 0.5) is 0 Å². The summed E-state index contributed by atoms with van der Waals surface area (Å²) in [6, 6.07) is 16.7. The van der Waals surface area contributed by atoms with Gasteiger partial charge in [-0.05, 0) is 31.0 Å². The number of aryl methyl sites for hydroxylation is 2. The molecule has 0 radical (unpaired) electrons. The maximum Gasteiger partial charge on any atom is 0.122 e. The summed E-state index contributed by atoms with van der Waals surface area (Å²) < 4.78 is 5.81.